The number of non-ortho nitro benzene ring substituents is 1. The smallest absolute Gasteiger partial charge is 0.416 e. The van der Waals surface area contributed by atoms with Crippen molar-refractivity contribution in [1.29, 1.82) is 0 Å². The van der Waals surface area contributed by atoms with Crippen molar-refractivity contribution in [3.63, 3.8) is 0 Å². The van der Waals surface area contributed by atoms with E-state index in [0.29, 0.717) is 22.2 Å². The van der Waals surface area contributed by atoms with Gasteiger partial charge >= 0.3 is 6.09 Å². The molecular formula is C21H22N2O5. The molecular weight excluding hydrogens is 360 g/mol. The molecule has 7 heteroatoms. The van der Waals surface area contributed by atoms with Crippen molar-refractivity contribution in [2.75, 3.05) is 6.61 Å². The summed E-state index contributed by atoms with van der Waals surface area (Å²) in [5, 5.41) is 31.6. The van der Waals surface area contributed by atoms with Crippen LogP contribution in [0.2, 0.25) is 0 Å². The van der Waals surface area contributed by atoms with Gasteiger partial charge in [-0.3, -0.25) is 10.1 Å². The Labute approximate surface area is 162 Å². The Hall–Kier alpha value is -3.19. The van der Waals surface area contributed by atoms with E-state index in [1.165, 1.54) is 6.07 Å². The van der Waals surface area contributed by atoms with Crippen LogP contribution in [-0.4, -0.2) is 32.4 Å². The van der Waals surface area contributed by atoms with E-state index < -0.39 is 16.4 Å². The average molecular weight is 382 g/mol. The van der Waals surface area contributed by atoms with E-state index in [2.05, 4.69) is 0 Å². The Kier molecular flexibility index (Phi) is 4.95. The Morgan fingerprint density at radius 3 is 2.32 bits per heavy atom. The second kappa shape index (κ2) is 7.09. The lowest BCUT2D eigenvalue weighted by Crippen LogP contribution is -2.15. The van der Waals surface area contributed by atoms with Gasteiger partial charge in [-0.25, -0.2) is 9.36 Å². The van der Waals surface area contributed by atoms with E-state index in [4.69, 9.17) is 0 Å². The summed E-state index contributed by atoms with van der Waals surface area (Å²) >= 11 is 0. The summed E-state index contributed by atoms with van der Waals surface area (Å²) in [6.07, 6.45) is -1.03. The predicted octanol–water partition coefficient (Wildman–Crippen LogP) is 4.57. The highest BCUT2D eigenvalue weighted by Gasteiger charge is 2.33. The number of hydrogen-bond donors (Lipinski definition) is 2. The number of aliphatic hydroxyl groups is 1. The van der Waals surface area contributed by atoms with Crippen LogP contribution in [0.5, 0.6) is 0 Å². The van der Waals surface area contributed by atoms with E-state index >= 15 is 0 Å². The molecule has 0 radical (unpaired) electrons. The zero-order chi connectivity index (χ0) is 20.6. The highest BCUT2D eigenvalue weighted by atomic mass is 16.6. The number of fused-ring (bicyclic) bond motifs is 1. The highest BCUT2D eigenvalue weighted by molar-refractivity contribution is 6.04. The molecule has 1 heterocycles. The zero-order valence-corrected chi connectivity index (χ0v) is 16.0. The summed E-state index contributed by atoms with van der Waals surface area (Å²) in [7, 11) is 0. The molecule has 3 rings (SSSR count). The van der Waals surface area contributed by atoms with Gasteiger partial charge in [0.1, 0.15) is 5.52 Å². The molecule has 0 aliphatic rings. The largest absolute Gasteiger partial charge is 0.464 e. The van der Waals surface area contributed by atoms with Crippen molar-refractivity contribution >= 4 is 22.7 Å². The molecule has 0 saturated heterocycles. The first kappa shape index (κ1) is 19.6. The van der Waals surface area contributed by atoms with Crippen LogP contribution >= 0.6 is 0 Å². The standard InChI is InChI=1S/C21H22N2O5/c1-21(2,3)17-15-11-13(9-10-24)12-16(23(27)28)19(15)22(20(25)26)18(17)14-7-5-4-6-8-14/h4-8,11-12,24H,9-10H2,1-3H3,(H,25,26). The molecule has 1 aromatic heterocycles. The van der Waals surface area contributed by atoms with Crippen LogP contribution in [-0.2, 0) is 11.8 Å². The zero-order valence-electron chi connectivity index (χ0n) is 16.0. The van der Waals surface area contributed by atoms with E-state index in [1.54, 1.807) is 30.3 Å². The quantitative estimate of drug-likeness (QED) is 0.508. The van der Waals surface area contributed by atoms with Crippen molar-refractivity contribution in [2.45, 2.75) is 32.6 Å². The summed E-state index contributed by atoms with van der Waals surface area (Å²) in [5.74, 6) is 0. The van der Waals surface area contributed by atoms with Crippen LogP contribution < -0.4 is 0 Å². The number of nitro benzene ring substituents is 1. The predicted molar refractivity (Wildman–Crippen MR) is 107 cm³/mol. The molecule has 3 aromatic rings. The minimum atomic E-state index is -1.28. The maximum Gasteiger partial charge on any atom is 0.416 e. The molecule has 0 bridgehead atoms. The van der Waals surface area contributed by atoms with Crippen molar-refractivity contribution in [3.05, 3.63) is 63.7 Å². The van der Waals surface area contributed by atoms with Crippen molar-refractivity contribution < 1.29 is 19.9 Å². The molecule has 7 nitrogen and oxygen atoms in total. The van der Waals surface area contributed by atoms with Gasteiger partial charge in [-0.1, -0.05) is 51.1 Å². The van der Waals surface area contributed by atoms with Crippen LogP contribution in [0.15, 0.2) is 42.5 Å². The van der Waals surface area contributed by atoms with E-state index in [-0.39, 0.29) is 24.2 Å². The molecule has 0 unspecified atom stereocenters. The number of carboxylic acid groups (broad SMARTS) is 1. The van der Waals surface area contributed by atoms with Gasteiger partial charge in [-0.05, 0) is 34.6 Å². The maximum atomic E-state index is 12.2. The summed E-state index contributed by atoms with van der Waals surface area (Å²) < 4.78 is 1.02. The summed E-state index contributed by atoms with van der Waals surface area (Å²) in [6, 6.07) is 12.1. The second-order valence-corrected chi connectivity index (χ2v) is 7.70. The molecule has 0 fully saturated rings. The molecule has 146 valence electrons. The van der Waals surface area contributed by atoms with Gasteiger partial charge < -0.3 is 10.2 Å². The first-order valence-corrected chi connectivity index (χ1v) is 8.92. The third kappa shape index (κ3) is 3.25. The Morgan fingerprint density at radius 2 is 1.82 bits per heavy atom. The molecule has 0 saturated carbocycles. The van der Waals surface area contributed by atoms with Crippen molar-refractivity contribution in [3.8, 4) is 11.3 Å². The number of aromatic nitrogens is 1. The van der Waals surface area contributed by atoms with Gasteiger partial charge in [-0.2, -0.15) is 0 Å². The van der Waals surface area contributed by atoms with Crippen molar-refractivity contribution in [2.24, 2.45) is 0 Å². The van der Waals surface area contributed by atoms with E-state index in [1.807, 2.05) is 26.8 Å². The Balaban J connectivity index is 2.61. The van der Waals surface area contributed by atoms with Gasteiger partial charge in [-0.15, -0.1) is 0 Å². The molecule has 0 spiro atoms. The SMILES string of the molecule is CC(C)(C)c1c(-c2ccccc2)n(C(=O)O)c2c([N+](=O)[O-])cc(CCO)cc12. The normalized spacial score (nSPS) is 11.7. The molecule has 0 atom stereocenters. The van der Waals surface area contributed by atoms with Gasteiger partial charge in [0, 0.05) is 18.1 Å². The number of hydrogen-bond acceptors (Lipinski definition) is 4. The molecule has 0 aliphatic heterocycles. The number of nitrogens with zero attached hydrogens (tertiary/aromatic N) is 2. The third-order valence-corrected chi connectivity index (χ3v) is 4.69. The van der Waals surface area contributed by atoms with Gasteiger partial charge in [0.25, 0.3) is 5.69 Å². The molecule has 2 aromatic carbocycles. The minimum Gasteiger partial charge on any atom is -0.464 e. The number of rotatable bonds is 4. The highest BCUT2D eigenvalue weighted by Crippen LogP contribution is 2.44. The first-order chi connectivity index (χ1) is 13.2. The molecule has 2 N–H and O–H groups in total. The molecule has 0 amide bonds. The van der Waals surface area contributed by atoms with E-state index in [9.17, 15) is 25.1 Å². The number of benzene rings is 2. The topological polar surface area (TPSA) is 106 Å². The van der Waals surface area contributed by atoms with Crippen LogP contribution in [0.3, 0.4) is 0 Å². The minimum absolute atomic E-state index is 0.0583. The first-order valence-electron chi connectivity index (χ1n) is 8.92. The fraction of sp³-hybridized carbons (Fsp3) is 0.286. The molecule has 0 aliphatic carbocycles. The summed E-state index contributed by atoms with van der Waals surface area (Å²) in [4.78, 5) is 23.5. The van der Waals surface area contributed by atoms with Crippen LogP contribution in [0.4, 0.5) is 10.5 Å². The lowest BCUT2D eigenvalue weighted by atomic mass is 9.83. The fourth-order valence-corrected chi connectivity index (χ4v) is 3.69. The fourth-order valence-electron chi connectivity index (χ4n) is 3.69. The van der Waals surface area contributed by atoms with Gasteiger partial charge in [0.15, 0.2) is 0 Å². The second-order valence-electron chi connectivity index (χ2n) is 7.70. The number of nitro groups is 1. The van der Waals surface area contributed by atoms with Crippen LogP contribution in [0.25, 0.3) is 22.2 Å². The third-order valence-electron chi connectivity index (χ3n) is 4.69. The lowest BCUT2D eigenvalue weighted by molar-refractivity contribution is -0.383. The van der Waals surface area contributed by atoms with Crippen LogP contribution in [0, 0.1) is 10.1 Å². The Morgan fingerprint density at radius 1 is 1.18 bits per heavy atom. The lowest BCUT2D eigenvalue weighted by Gasteiger charge is -2.21. The van der Waals surface area contributed by atoms with Crippen LogP contribution in [0.1, 0.15) is 31.9 Å². The Bertz CT molecular complexity index is 1060. The summed E-state index contributed by atoms with van der Waals surface area (Å²) in [5.41, 5.74) is 1.71. The number of aliphatic hydroxyl groups excluding tert-OH is 1. The number of carbonyl (C=O) groups is 1. The average Bonchev–Trinajstić information content (AvgIpc) is 2.97. The van der Waals surface area contributed by atoms with E-state index in [0.717, 1.165) is 10.1 Å². The van der Waals surface area contributed by atoms with Gasteiger partial charge in [0.05, 0.1) is 10.6 Å². The van der Waals surface area contributed by atoms with Gasteiger partial charge in [0.2, 0.25) is 0 Å². The molecule has 28 heavy (non-hydrogen) atoms. The maximum absolute atomic E-state index is 12.2. The monoisotopic (exact) mass is 382 g/mol. The summed E-state index contributed by atoms with van der Waals surface area (Å²) in [6.45, 7) is 5.69. The van der Waals surface area contributed by atoms with Crippen molar-refractivity contribution in [1.82, 2.24) is 4.57 Å².